The Bertz CT molecular complexity index is 331. The van der Waals surface area contributed by atoms with Gasteiger partial charge in [0.15, 0.2) is 11.6 Å². The van der Waals surface area contributed by atoms with Crippen LogP contribution in [0.25, 0.3) is 0 Å². The molecular formula is C13H20FNO2. The van der Waals surface area contributed by atoms with E-state index in [1.54, 1.807) is 13.2 Å². The molecule has 0 aliphatic heterocycles. The maximum Gasteiger partial charge on any atom is 0.165 e. The van der Waals surface area contributed by atoms with Gasteiger partial charge in [-0.2, -0.15) is 0 Å². The van der Waals surface area contributed by atoms with Crippen LogP contribution in [-0.4, -0.2) is 26.9 Å². The van der Waals surface area contributed by atoms with Gasteiger partial charge in [0.1, 0.15) is 0 Å². The third-order valence-electron chi connectivity index (χ3n) is 2.45. The van der Waals surface area contributed by atoms with Crippen LogP contribution in [0.4, 0.5) is 4.39 Å². The van der Waals surface area contributed by atoms with Gasteiger partial charge in [-0.1, -0.05) is 12.1 Å². The molecule has 0 spiro atoms. The van der Waals surface area contributed by atoms with Gasteiger partial charge in [-0.25, -0.2) is 4.39 Å². The van der Waals surface area contributed by atoms with Gasteiger partial charge >= 0.3 is 0 Å². The molecule has 1 rings (SSSR count). The predicted molar refractivity (Wildman–Crippen MR) is 65.8 cm³/mol. The third kappa shape index (κ3) is 4.71. The molecule has 0 heterocycles. The molecule has 17 heavy (non-hydrogen) atoms. The fraction of sp³-hybridized carbons (Fsp3) is 0.538. The van der Waals surface area contributed by atoms with Crippen molar-refractivity contribution in [3.8, 4) is 5.75 Å². The molecule has 4 heteroatoms. The Morgan fingerprint density at radius 1 is 1.24 bits per heavy atom. The molecule has 1 aromatic rings. The lowest BCUT2D eigenvalue weighted by atomic mass is 10.1. The van der Waals surface area contributed by atoms with E-state index >= 15 is 0 Å². The van der Waals surface area contributed by atoms with Crippen molar-refractivity contribution >= 4 is 0 Å². The van der Waals surface area contributed by atoms with Gasteiger partial charge in [-0.05, 0) is 37.4 Å². The molecule has 0 aliphatic carbocycles. The number of halogens is 1. The van der Waals surface area contributed by atoms with E-state index in [0.29, 0.717) is 31.9 Å². The van der Waals surface area contributed by atoms with Crippen LogP contribution in [-0.2, 0) is 11.2 Å². The molecule has 0 amide bonds. The van der Waals surface area contributed by atoms with Gasteiger partial charge < -0.3 is 15.2 Å². The van der Waals surface area contributed by atoms with Crippen LogP contribution in [0.3, 0.4) is 0 Å². The lowest BCUT2D eigenvalue weighted by Gasteiger charge is -2.11. The maximum absolute atomic E-state index is 13.6. The Kier molecular flexibility index (Phi) is 6.58. The Hall–Kier alpha value is -1.13. The van der Waals surface area contributed by atoms with Crippen molar-refractivity contribution < 1.29 is 13.9 Å². The zero-order valence-corrected chi connectivity index (χ0v) is 10.2. The van der Waals surface area contributed by atoms with Crippen LogP contribution < -0.4 is 10.5 Å². The Balaban J connectivity index is 2.50. The first-order valence-electron chi connectivity index (χ1n) is 5.88. The number of methoxy groups -OCH3 is 1. The fourth-order valence-electron chi connectivity index (χ4n) is 1.59. The molecule has 0 aliphatic rings. The minimum atomic E-state index is -0.317. The smallest absolute Gasteiger partial charge is 0.165 e. The Morgan fingerprint density at radius 3 is 2.71 bits per heavy atom. The minimum absolute atomic E-state index is 0.317. The van der Waals surface area contributed by atoms with E-state index in [4.69, 9.17) is 15.2 Å². The molecule has 2 N–H and O–H groups in total. The van der Waals surface area contributed by atoms with Gasteiger partial charge in [-0.3, -0.25) is 0 Å². The second kappa shape index (κ2) is 8.03. The molecule has 0 saturated heterocycles. The van der Waals surface area contributed by atoms with Crippen molar-refractivity contribution in [1.29, 1.82) is 0 Å². The second-order valence-electron chi connectivity index (χ2n) is 3.82. The molecule has 0 bridgehead atoms. The molecule has 0 atom stereocenters. The number of rotatable bonds is 8. The first-order chi connectivity index (χ1) is 8.29. The summed E-state index contributed by atoms with van der Waals surface area (Å²) in [5.74, 6) is 0.0260. The van der Waals surface area contributed by atoms with Gasteiger partial charge in [-0.15, -0.1) is 0 Å². The quantitative estimate of drug-likeness (QED) is 0.709. The molecule has 0 unspecified atom stereocenters. The summed E-state index contributed by atoms with van der Waals surface area (Å²) in [6.45, 7) is 1.70. The lowest BCUT2D eigenvalue weighted by molar-refractivity contribution is 0.183. The number of benzene rings is 1. The first kappa shape index (κ1) is 13.9. The largest absolute Gasteiger partial charge is 0.490 e. The normalized spacial score (nSPS) is 10.5. The van der Waals surface area contributed by atoms with Crippen LogP contribution in [0.2, 0.25) is 0 Å². The Morgan fingerprint density at radius 2 is 2.00 bits per heavy atom. The summed E-state index contributed by atoms with van der Waals surface area (Å²) in [5, 5.41) is 0. The van der Waals surface area contributed by atoms with Crippen LogP contribution in [0, 0.1) is 5.82 Å². The summed E-state index contributed by atoms with van der Waals surface area (Å²) < 4.78 is 24.0. The van der Waals surface area contributed by atoms with E-state index in [2.05, 4.69) is 0 Å². The van der Waals surface area contributed by atoms with Gasteiger partial charge in [0.25, 0.3) is 0 Å². The molecule has 0 aromatic heterocycles. The standard InChI is InChI=1S/C13H20FNO2/c1-16-9-2-3-10-17-13-11(7-8-15)5-4-6-12(13)14/h4-6H,2-3,7-10,15H2,1H3. The number of hydrogen-bond donors (Lipinski definition) is 1. The number of unbranched alkanes of at least 4 members (excludes halogenated alkanes) is 1. The van der Waals surface area contributed by atoms with E-state index in [9.17, 15) is 4.39 Å². The number of nitrogens with two attached hydrogens (primary N) is 1. The van der Waals surface area contributed by atoms with Gasteiger partial charge in [0.05, 0.1) is 6.61 Å². The summed E-state index contributed by atoms with van der Waals surface area (Å²) in [5.41, 5.74) is 6.31. The molecule has 0 radical (unpaired) electrons. The molecule has 96 valence electrons. The highest BCUT2D eigenvalue weighted by molar-refractivity contribution is 5.35. The van der Waals surface area contributed by atoms with Gasteiger partial charge in [0, 0.05) is 13.7 Å². The summed E-state index contributed by atoms with van der Waals surface area (Å²) in [4.78, 5) is 0. The zero-order valence-electron chi connectivity index (χ0n) is 10.2. The van der Waals surface area contributed by atoms with E-state index < -0.39 is 0 Å². The minimum Gasteiger partial charge on any atom is -0.490 e. The van der Waals surface area contributed by atoms with Crippen molar-refractivity contribution in [3.63, 3.8) is 0 Å². The molecule has 0 saturated carbocycles. The van der Waals surface area contributed by atoms with Crippen molar-refractivity contribution in [3.05, 3.63) is 29.6 Å². The van der Waals surface area contributed by atoms with Crippen molar-refractivity contribution in [2.75, 3.05) is 26.9 Å². The number of hydrogen-bond acceptors (Lipinski definition) is 3. The second-order valence-corrected chi connectivity index (χ2v) is 3.82. The summed E-state index contributed by atoms with van der Waals surface area (Å²) in [7, 11) is 1.66. The molecular weight excluding hydrogens is 221 g/mol. The highest BCUT2D eigenvalue weighted by Crippen LogP contribution is 2.23. The van der Waals surface area contributed by atoms with E-state index in [1.165, 1.54) is 6.07 Å². The molecule has 1 aromatic carbocycles. The van der Waals surface area contributed by atoms with E-state index in [0.717, 1.165) is 18.4 Å². The average molecular weight is 241 g/mol. The fourth-order valence-corrected chi connectivity index (χ4v) is 1.59. The van der Waals surface area contributed by atoms with Crippen molar-refractivity contribution in [2.45, 2.75) is 19.3 Å². The predicted octanol–water partition coefficient (Wildman–Crippen LogP) is 2.13. The average Bonchev–Trinajstić information content (AvgIpc) is 2.32. The highest BCUT2D eigenvalue weighted by Gasteiger charge is 2.08. The summed E-state index contributed by atoms with van der Waals surface area (Å²) in [6.07, 6.45) is 2.40. The van der Waals surface area contributed by atoms with Crippen LogP contribution >= 0.6 is 0 Å². The van der Waals surface area contributed by atoms with Gasteiger partial charge in [0.2, 0.25) is 0 Å². The van der Waals surface area contributed by atoms with Crippen molar-refractivity contribution in [1.82, 2.24) is 0 Å². The van der Waals surface area contributed by atoms with Crippen molar-refractivity contribution in [2.24, 2.45) is 5.73 Å². The summed E-state index contributed by atoms with van der Waals surface area (Å²) >= 11 is 0. The number of ether oxygens (including phenoxy) is 2. The Labute approximate surface area is 102 Å². The molecule has 3 nitrogen and oxygen atoms in total. The summed E-state index contributed by atoms with van der Waals surface area (Å²) in [6, 6.07) is 4.93. The molecule has 0 fully saturated rings. The zero-order chi connectivity index (χ0) is 12.5. The monoisotopic (exact) mass is 241 g/mol. The van der Waals surface area contributed by atoms with E-state index in [-0.39, 0.29) is 5.82 Å². The van der Waals surface area contributed by atoms with Crippen LogP contribution in [0.1, 0.15) is 18.4 Å². The van der Waals surface area contributed by atoms with Crippen LogP contribution in [0.15, 0.2) is 18.2 Å². The first-order valence-corrected chi connectivity index (χ1v) is 5.88. The highest BCUT2D eigenvalue weighted by atomic mass is 19.1. The number of para-hydroxylation sites is 1. The van der Waals surface area contributed by atoms with E-state index in [1.807, 2.05) is 6.07 Å². The van der Waals surface area contributed by atoms with Crippen LogP contribution in [0.5, 0.6) is 5.75 Å². The maximum atomic E-state index is 13.6. The topological polar surface area (TPSA) is 44.5 Å². The SMILES string of the molecule is COCCCCOc1c(F)cccc1CCN. The lowest BCUT2D eigenvalue weighted by Crippen LogP contribution is -2.07. The third-order valence-corrected chi connectivity index (χ3v) is 2.45.